The Kier molecular flexibility index (Phi) is 11.6. The molecule has 0 amide bonds. The Morgan fingerprint density at radius 1 is 0.230 bits per heavy atom. The summed E-state index contributed by atoms with van der Waals surface area (Å²) in [5, 5.41) is 4.78. The second kappa shape index (κ2) is 20.3. The van der Waals surface area contributed by atoms with Gasteiger partial charge >= 0.3 is 0 Å². The lowest BCUT2D eigenvalue weighted by atomic mass is 9.67. The van der Waals surface area contributed by atoms with E-state index in [0.717, 1.165) is 77.9 Å². The van der Waals surface area contributed by atoms with Gasteiger partial charge < -0.3 is 9.13 Å². The summed E-state index contributed by atoms with van der Waals surface area (Å²) in [7, 11) is 0. The number of rotatable bonds is 10. The Bertz CT molecular complexity index is 5010. The Hall–Kier alpha value is -11.7. The number of nitrogens with zero attached hydrogens (tertiary/aromatic N) is 8. The summed E-state index contributed by atoms with van der Waals surface area (Å²) in [4.78, 5) is 30.7. The van der Waals surface area contributed by atoms with Crippen LogP contribution in [-0.4, -0.2) is 39.0 Å². The van der Waals surface area contributed by atoms with Gasteiger partial charge in [0, 0.05) is 66.3 Å². The lowest BCUT2D eigenvalue weighted by Gasteiger charge is -2.34. The van der Waals surface area contributed by atoms with Crippen LogP contribution in [0.1, 0.15) is 22.3 Å². The Morgan fingerprint density at radius 2 is 0.563 bits per heavy atom. The molecule has 1 aliphatic rings. The van der Waals surface area contributed by atoms with Crippen molar-refractivity contribution in [1.29, 1.82) is 0 Å². The van der Waals surface area contributed by atoms with E-state index in [-0.39, 0.29) is 0 Å². The summed E-state index contributed by atoms with van der Waals surface area (Å²) in [6.07, 6.45) is 0. The first-order valence-electron chi connectivity index (χ1n) is 29.4. The van der Waals surface area contributed by atoms with E-state index in [2.05, 4.69) is 191 Å². The Labute approximate surface area is 501 Å². The third-order valence-corrected chi connectivity index (χ3v) is 17.3. The fourth-order valence-corrected chi connectivity index (χ4v) is 13.4. The second-order valence-corrected chi connectivity index (χ2v) is 22.2. The minimum atomic E-state index is -0.834. The van der Waals surface area contributed by atoms with Crippen LogP contribution in [0.25, 0.3) is 134 Å². The van der Waals surface area contributed by atoms with Crippen molar-refractivity contribution < 1.29 is 0 Å². The first-order valence-corrected chi connectivity index (χ1v) is 29.4. The van der Waals surface area contributed by atoms with Gasteiger partial charge in [-0.1, -0.05) is 267 Å². The summed E-state index contributed by atoms with van der Waals surface area (Å²) < 4.78 is 4.96. The van der Waals surface area contributed by atoms with E-state index in [1.807, 2.05) is 121 Å². The number of hydrogen-bond acceptors (Lipinski definition) is 6. The smallest absolute Gasteiger partial charge is 0.164 e. The average molecular weight is 1110 g/mol. The van der Waals surface area contributed by atoms with E-state index >= 15 is 0 Å². The Morgan fingerprint density at radius 3 is 0.989 bits per heavy atom. The van der Waals surface area contributed by atoms with Gasteiger partial charge in [0.1, 0.15) is 0 Å². The Balaban J connectivity index is 0.908. The topological polar surface area (TPSA) is 87.2 Å². The van der Waals surface area contributed by atoms with Crippen LogP contribution in [0.3, 0.4) is 0 Å². The summed E-state index contributed by atoms with van der Waals surface area (Å²) in [6, 6.07) is 108. The molecule has 87 heavy (non-hydrogen) atoms. The van der Waals surface area contributed by atoms with Crippen molar-refractivity contribution >= 4 is 43.6 Å². The van der Waals surface area contributed by atoms with Gasteiger partial charge in [-0.15, -0.1) is 0 Å². The maximum Gasteiger partial charge on any atom is 0.164 e. The fourth-order valence-electron chi connectivity index (χ4n) is 13.4. The zero-order valence-corrected chi connectivity index (χ0v) is 46.9. The highest BCUT2D eigenvalue weighted by molar-refractivity contribution is 6.24. The van der Waals surface area contributed by atoms with E-state index in [4.69, 9.17) is 29.9 Å². The van der Waals surface area contributed by atoms with Gasteiger partial charge in [-0.05, 0) is 69.8 Å². The van der Waals surface area contributed by atoms with Gasteiger partial charge in [0.25, 0.3) is 0 Å². The maximum absolute atomic E-state index is 5.17. The maximum atomic E-state index is 5.17. The van der Waals surface area contributed by atoms with Crippen LogP contribution in [0.15, 0.2) is 303 Å². The number of fused-ring (bicyclic) bond motifs is 10. The van der Waals surface area contributed by atoms with Crippen LogP contribution in [-0.2, 0) is 5.41 Å². The average Bonchev–Trinajstić information content (AvgIpc) is 1.57. The molecule has 4 heterocycles. The molecule has 16 aromatic rings. The van der Waals surface area contributed by atoms with Crippen LogP contribution < -0.4 is 0 Å². The van der Waals surface area contributed by atoms with E-state index in [1.54, 1.807) is 0 Å². The molecule has 0 spiro atoms. The molecule has 0 fully saturated rings. The zero-order valence-electron chi connectivity index (χ0n) is 46.9. The first-order chi connectivity index (χ1) is 43.1. The first kappa shape index (κ1) is 49.8. The number of hydrogen-bond donors (Lipinski definition) is 0. The van der Waals surface area contributed by atoms with Gasteiger partial charge in [-0.3, -0.25) is 0 Å². The van der Waals surface area contributed by atoms with Crippen LogP contribution in [0.2, 0.25) is 0 Å². The van der Waals surface area contributed by atoms with Crippen molar-refractivity contribution in [3.8, 4) is 90.8 Å². The van der Waals surface area contributed by atoms with E-state index < -0.39 is 5.41 Å². The summed E-state index contributed by atoms with van der Waals surface area (Å²) in [6.45, 7) is 0. The summed E-state index contributed by atoms with van der Waals surface area (Å²) in [5.41, 5.74) is 18.2. The van der Waals surface area contributed by atoms with Gasteiger partial charge in [-0.2, -0.15) is 0 Å². The molecular weight excluding hydrogens is 1060 g/mol. The predicted molar refractivity (Wildman–Crippen MR) is 352 cm³/mol. The third kappa shape index (κ3) is 8.07. The minimum Gasteiger partial charge on any atom is -0.307 e. The molecule has 12 aromatic carbocycles. The molecule has 406 valence electrons. The standard InChI is InChI=1S/C79H50N8/c1-6-22-51(23-7-1)73-80-74(52-24-8-2-9-25-52)83-77(82-73)55-38-42-57(43-39-55)79(58-44-40-56(41-45-58)78-84-75(53-26-10-3-11-27-53)81-76(85-78)54-28-12-4-13-29-54)67-35-19-16-32-61(67)62-47-46-60(50-68(62)79)87-70-37-21-18-34-64(70)66-49-48-65-63-33-17-20-36-69(63)86(71(65)72(66)87)59-30-14-5-15-31-59/h1-50H. The van der Waals surface area contributed by atoms with Crippen molar-refractivity contribution in [3.05, 3.63) is 326 Å². The number of aromatic nitrogens is 8. The van der Waals surface area contributed by atoms with Gasteiger partial charge in [0.2, 0.25) is 0 Å². The molecule has 0 bridgehead atoms. The fraction of sp³-hybridized carbons (Fsp3) is 0.0127. The lowest BCUT2D eigenvalue weighted by Crippen LogP contribution is -2.28. The molecule has 0 N–H and O–H groups in total. The molecule has 0 radical (unpaired) electrons. The second-order valence-electron chi connectivity index (χ2n) is 22.2. The van der Waals surface area contributed by atoms with Crippen molar-refractivity contribution in [2.75, 3.05) is 0 Å². The number of para-hydroxylation sites is 3. The molecule has 0 saturated heterocycles. The SMILES string of the molecule is c1ccc(-c2nc(-c3ccccc3)nc(-c3ccc(C4(c5ccc(-c6nc(-c7ccccc7)nc(-c7ccccc7)n6)cc5)c5ccccc5-c5ccc(-n6c7ccccc7c7ccc8c9ccccc9n(-c9ccccc9)c8c76)cc54)cc3)n2)cc1. The largest absolute Gasteiger partial charge is 0.307 e. The zero-order chi connectivity index (χ0) is 57.4. The number of benzene rings is 12. The highest BCUT2D eigenvalue weighted by Crippen LogP contribution is 2.57. The minimum absolute atomic E-state index is 0.592. The van der Waals surface area contributed by atoms with Crippen LogP contribution in [0.4, 0.5) is 0 Å². The van der Waals surface area contributed by atoms with Gasteiger partial charge in [0.15, 0.2) is 34.9 Å². The summed E-state index contributed by atoms with van der Waals surface area (Å²) in [5.74, 6) is 3.64. The third-order valence-electron chi connectivity index (χ3n) is 17.3. The molecule has 8 nitrogen and oxygen atoms in total. The lowest BCUT2D eigenvalue weighted by molar-refractivity contribution is 0.767. The summed E-state index contributed by atoms with van der Waals surface area (Å²) >= 11 is 0. The van der Waals surface area contributed by atoms with Crippen molar-refractivity contribution in [2.24, 2.45) is 0 Å². The molecule has 0 aliphatic heterocycles. The normalized spacial score (nSPS) is 12.5. The van der Waals surface area contributed by atoms with E-state index in [9.17, 15) is 0 Å². The van der Waals surface area contributed by atoms with Crippen molar-refractivity contribution in [3.63, 3.8) is 0 Å². The molecule has 0 atom stereocenters. The highest BCUT2D eigenvalue weighted by Gasteiger charge is 2.46. The molecule has 17 rings (SSSR count). The highest BCUT2D eigenvalue weighted by atomic mass is 15.1. The molecular formula is C79H50N8. The van der Waals surface area contributed by atoms with Crippen molar-refractivity contribution in [2.45, 2.75) is 5.41 Å². The van der Waals surface area contributed by atoms with Gasteiger partial charge in [-0.25, -0.2) is 29.9 Å². The van der Waals surface area contributed by atoms with E-state index in [1.165, 1.54) is 43.8 Å². The van der Waals surface area contributed by atoms with Crippen LogP contribution in [0.5, 0.6) is 0 Å². The van der Waals surface area contributed by atoms with Crippen LogP contribution >= 0.6 is 0 Å². The van der Waals surface area contributed by atoms with E-state index in [0.29, 0.717) is 34.9 Å². The molecule has 0 saturated carbocycles. The van der Waals surface area contributed by atoms with Gasteiger partial charge in [0.05, 0.1) is 27.5 Å². The molecule has 0 unspecified atom stereocenters. The monoisotopic (exact) mass is 1110 g/mol. The molecule has 8 heteroatoms. The molecule has 1 aliphatic carbocycles. The quantitative estimate of drug-likeness (QED) is 0.136. The van der Waals surface area contributed by atoms with Crippen molar-refractivity contribution in [1.82, 2.24) is 39.0 Å². The molecule has 4 aromatic heterocycles. The predicted octanol–water partition coefficient (Wildman–Crippen LogP) is 18.6. The van der Waals surface area contributed by atoms with Crippen LogP contribution in [0, 0.1) is 0 Å².